The Morgan fingerprint density at radius 2 is 1.71 bits per heavy atom. The second-order valence-electron chi connectivity index (χ2n) is 12.3. The minimum atomic E-state index is -0.644. The van der Waals surface area contributed by atoms with E-state index in [4.69, 9.17) is 39.5 Å². The van der Waals surface area contributed by atoms with Crippen molar-refractivity contribution in [1.29, 1.82) is 0 Å². The Morgan fingerprint density at radius 1 is 0.927 bits per heavy atom. The van der Waals surface area contributed by atoms with Crippen LogP contribution in [0.4, 0.5) is 0 Å². The Morgan fingerprint density at radius 3 is 2.46 bits per heavy atom. The Hall–Kier alpha value is -2.08. The fourth-order valence-corrected chi connectivity index (χ4v) is 8.01. The van der Waals surface area contributed by atoms with Crippen molar-refractivity contribution >= 4 is 40.7 Å². The Balaban J connectivity index is 1.27. The number of halogens is 3. The topological polar surface area (TPSA) is 29.5 Å². The van der Waals surface area contributed by atoms with Crippen molar-refractivity contribution < 1.29 is 14.0 Å². The summed E-state index contributed by atoms with van der Waals surface area (Å²) in [5.41, 5.74) is 2.70. The quantitative estimate of drug-likeness (QED) is 0.246. The molecule has 3 aromatic rings. The van der Waals surface area contributed by atoms with Crippen LogP contribution >= 0.6 is 34.8 Å². The molecule has 4 fully saturated rings. The highest BCUT2D eigenvalue weighted by atomic mass is 35.5. The Labute approximate surface area is 258 Å². The number of hydrogen-bond donors (Lipinski definition) is 0. The third-order valence-electron chi connectivity index (χ3n) is 9.85. The van der Waals surface area contributed by atoms with Crippen LogP contribution in [0.5, 0.6) is 0 Å². The van der Waals surface area contributed by atoms with E-state index in [0.29, 0.717) is 47.2 Å². The zero-order valence-corrected chi connectivity index (χ0v) is 25.7. The number of benzene rings is 3. The average molecular weight is 613 g/mol. The monoisotopic (exact) mass is 611 g/mol. The molecule has 0 aromatic heterocycles. The standard InChI is InChI=1S/C34H38Cl3N2O2/c35-29-8-4-7-27(19-29)22-33(40)38-14-18-41-34(24-38,28-9-10-31(36)32(37)23-28)13-17-39-15-11-26(12-16-39)21-30(39)20-25-5-2-1-3-6-25/h1-10,19,23,26,30H,11-18,20-22,24H2/q+1. The van der Waals surface area contributed by atoms with Gasteiger partial charge in [0.15, 0.2) is 0 Å². The molecule has 7 heteroatoms. The number of carbonyl (C=O) groups is 1. The molecule has 4 heterocycles. The summed E-state index contributed by atoms with van der Waals surface area (Å²) in [5.74, 6) is 0.936. The number of quaternary nitrogens is 1. The van der Waals surface area contributed by atoms with Crippen molar-refractivity contribution in [2.75, 3.05) is 39.3 Å². The van der Waals surface area contributed by atoms with Gasteiger partial charge in [0.05, 0.1) is 55.3 Å². The van der Waals surface area contributed by atoms with Crippen LogP contribution in [-0.2, 0) is 28.0 Å². The van der Waals surface area contributed by atoms with Gasteiger partial charge in [-0.25, -0.2) is 0 Å². The highest BCUT2D eigenvalue weighted by Gasteiger charge is 2.49. The van der Waals surface area contributed by atoms with Crippen LogP contribution in [0.25, 0.3) is 0 Å². The second-order valence-corrected chi connectivity index (χ2v) is 13.5. The average Bonchev–Trinajstić information content (AvgIpc) is 2.99. The van der Waals surface area contributed by atoms with E-state index in [1.54, 1.807) is 0 Å². The minimum Gasteiger partial charge on any atom is -0.366 e. The SMILES string of the molecule is O=C(Cc1cccc(Cl)c1)N1CCOC(CC[N+]23CCC(CC2)CC3Cc2ccccc2)(c2ccc(Cl)c(Cl)c2)C1. The van der Waals surface area contributed by atoms with Crippen molar-refractivity contribution in [1.82, 2.24) is 4.90 Å². The van der Waals surface area contributed by atoms with E-state index < -0.39 is 5.60 Å². The third-order valence-corrected chi connectivity index (χ3v) is 10.8. The number of rotatable bonds is 8. The largest absolute Gasteiger partial charge is 0.366 e. The Kier molecular flexibility index (Phi) is 8.68. The molecule has 0 N–H and O–H groups in total. The van der Waals surface area contributed by atoms with E-state index >= 15 is 0 Å². The maximum atomic E-state index is 13.6. The zero-order valence-electron chi connectivity index (χ0n) is 23.4. The van der Waals surface area contributed by atoms with Gasteiger partial charge in [-0.3, -0.25) is 4.79 Å². The molecule has 0 saturated carbocycles. The van der Waals surface area contributed by atoms with Crippen molar-refractivity contribution in [3.63, 3.8) is 0 Å². The summed E-state index contributed by atoms with van der Waals surface area (Å²) in [7, 11) is 0. The van der Waals surface area contributed by atoms with Gasteiger partial charge in [-0.2, -0.15) is 0 Å². The summed E-state index contributed by atoms with van der Waals surface area (Å²) in [4.78, 5) is 15.6. The molecule has 4 saturated heterocycles. The molecule has 2 unspecified atom stereocenters. The van der Waals surface area contributed by atoms with Crippen molar-refractivity contribution in [2.45, 2.75) is 50.2 Å². The van der Waals surface area contributed by atoms with Gasteiger partial charge in [0.2, 0.25) is 5.91 Å². The molecule has 2 bridgehead atoms. The number of hydrogen-bond acceptors (Lipinski definition) is 2. The van der Waals surface area contributed by atoms with Crippen LogP contribution in [0.1, 0.15) is 42.4 Å². The Bertz CT molecular complexity index is 1380. The number of piperidine rings is 3. The van der Waals surface area contributed by atoms with Gasteiger partial charge >= 0.3 is 0 Å². The van der Waals surface area contributed by atoms with E-state index in [2.05, 4.69) is 30.3 Å². The first-order chi connectivity index (χ1) is 19.8. The van der Waals surface area contributed by atoms with E-state index in [1.807, 2.05) is 47.4 Å². The summed E-state index contributed by atoms with van der Waals surface area (Å²) in [6, 6.07) is 24.9. The highest BCUT2D eigenvalue weighted by Crippen LogP contribution is 2.43. The van der Waals surface area contributed by atoms with E-state index in [0.717, 1.165) is 40.9 Å². The van der Waals surface area contributed by atoms with Gasteiger partial charge < -0.3 is 14.1 Å². The van der Waals surface area contributed by atoms with Gasteiger partial charge in [-0.15, -0.1) is 0 Å². The second kappa shape index (κ2) is 12.3. The van der Waals surface area contributed by atoms with Crippen LogP contribution in [0.15, 0.2) is 72.8 Å². The first kappa shape index (κ1) is 29.0. The maximum Gasteiger partial charge on any atom is 0.227 e. The number of nitrogens with zero attached hydrogens (tertiary/aromatic N) is 2. The lowest BCUT2D eigenvalue weighted by Crippen LogP contribution is -2.66. The van der Waals surface area contributed by atoms with Gasteiger partial charge in [-0.05, 0) is 59.7 Å². The highest BCUT2D eigenvalue weighted by molar-refractivity contribution is 6.42. The molecule has 41 heavy (non-hydrogen) atoms. The summed E-state index contributed by atoms with van der Waals surface area (Å²) in [6.07, 6.45) is 6.15. The number of carbonyl (C=O) groups excluding carboxylic acids is 1. The number of ether oxygens (including phenoxy) is 1. The van der Waals surface area contributed by atoms with Crippen LogP contribution in [-0.4, -0.2) is 60.7 Å². The minimum absolute atomic E-state index is 0.0905. The third kappa shape index (κ3) is 6.33. The molecule has 4 aliphatic heterocycles. The molecule has 0 radical (unpaired) electrons. The van der Waals surface area contributed by atoms with E-state index in [1.165, 1.54) is 37.9 Å². The van der Waals surface area contributed by atoms with Crippen LogP contribution in [0.2, 0.25) is 15.1 Å². The molecule has 2 atom stereocenters. The summed E-state index contributed by atoms with van der Waals surface area (Å²) in [5, 5.41) is 1.69. The van der Waals surface area contributed by atoms with Crippen molar-refractivity contribution in [3.05, 3.63) is 105 Å². The number of fused-ring (bicyclic) bond motifs is 3. The summed E-state index contributed by atoms with van der Waals surface area (Å²) >= 11 is 19.1. The number of amides is 1. The molecule has 3 aromatic carbocycles. The smallest absolute Gasteiger partial charge is 0.227 e. The molecule has 7 rings (SSSR count). The lowest BCUT2D eigenvalue weighted by Gasteiger charge is -2.56. The van der Waals surface area contributed by atoms with Crippen molar-refractivity contribution in [3.8, 4) is 0 Å². The van der Waals surface area contributed by atoms with E-state index in [-0.39, 0.29) is 5.91 Å². The van der Waals surface area contributed by atoms with Crippen LogP contribution in [0, 0.1) is 5.92 Å². The van der Waals surface area contributed by atoms with Gasteiger partial charge in [0, 0.05) is 30.8 Å². The first-order valence-electron chi connectivity index (χ1n) is 14.9. The molecule has 0 aliphatic carbocycles. The molecular formula is C34H38Cl3N2O2+. The molecule has 1 amide bonds. The molecule has 4 nitrogen and oxygen atoms in total. The molecule has 0 spiro atoms. The molecule has 4 aliphatic rings. The fraction of sp³-hybridized carbons (Fsp3) is 0.441. The lowest BCUT2D eigenvalue weighted by atomic mass is 9.77. The van der Waals surface area contributed by atoms with Crippen molar-refractivity contribution in [2.24, 2.45) is 5.92 Å². The maximum absolute atomic E-state index is 13.6. The van der Waals surface area contributed by atoms with Gasteiger partial charge in [0.1, 0.15) is 5.60 Å². The zero-order chi connectivity index (χ0) is 28.5. The van der Waals surface area contributed by atoms with E-state index in [9.17, 15) is 4.79 Å². The summed E-state index contributed by atoms with van der Waals surface area (Å²) in [6.45, 7) is 5.00. The van der Waals surface area contributed by atoms with Gasteiger partial charge in [0.25, 0.3) is 0 Å². The van der Waals surface area contributed by atoms with Crippen LogP contribution in [0.3, 0.4) is 0 Å². The molecule has 216 valence electrons. The fourth-order valence-electron chi connectivity index (χ4n) is 7.50. The molecular weight excluding hydrogens is 575 g/mol. The number of morpholine rings is 1. The normalized spacial score (nSPS) is 27.6. The summed E-state index contributed by atoms with van der Waals surface area (Å²) < 4.78 is 7.85. The van der Waals surface area contributed by atoms with Gasteiger partial charge in [-0.1, -0.05) is 83.3 Å². The van der Waals surface area contributed by atoms with Crippen LogP contribution < -0.4 is 0 Å². The first-order valence-corrected chi connectivity index (χ1v) is 16.0. The lowest BCUT2D eigenvalue weighted by molar-refractivity contribution is -0.966. The predicted octanol–water partition coefficient (Wildman–Crippen LogP) is 7.58. The predicted molar refractivity (Wildman–Crippen MR) is 167 cm³/mol.